The molecule has 3 rings (SSSR count). The van der Waals surface area contributed by atoms with E-state index >= 15 is 0 Å². The molecule has 214 valence electrons. The molecule has 0 bridgehead atoms. The monoisotopic (exact) mass is 557 g/mol. The summed E-state index contributed by atoms with van der Waals surface area (Å²) in [7, 11) is 0. The van der Waals surface area contributed by atoms with Crippen LogP contribution in [0.25, 0.3) is 0 Å². The third-order valence-corrected chi connectivity index (χ3v) is 5.81. The Balaban J connectivity index is 1.52. The van der Waals surface area contributed by atoms with Gasteiger partial charge in [-0.25, -0.2) is 18.4 Å². The van der Waals surface area contributed by atoms with Crippen LogP contribution in [-0.4, -0.2) is 61.1 Å². The second-order valence-corrected chi connectivity index (χ2v) is 8.77. The van der Waals surface area contributed by atoms with E-state index < -0.39 is 24.0 Å². The van der Waals surface area contributed by atoms with Crippen molar-refractivity contribution in [2.45, 2.75) is 32.3 Å². The van der Waals surface area contributed by atoms with Crippen LogP contribution in [0.3, 0.4) is 0 Å². The molecule has 0 radical (unpaired) electrons. The molecule has 1 N–H and O–H groups in total. The van der Waals surface area contributed by atoms with E-state index in [0.717, 1.165) is 5.56 Å². The number of aliphatic carboxylic acids is 1. The van der Waals surface area contributed by atoms with E-state index in [4.69, 9.17) is 18.9 Å². The molecule has 3 aromatic rings. The highest BCUT2D eigenvalue weighted by Gasteiger charge is 2.19. The minimum atomic E-state index is -1.02. The summed E-state index contributed by atoms with van der Waals surface area (Å²) in [4.78, 5) is 25.6. The number of ether oxygens (including phenoxy) is 4. The second kappa shape index (κ2) is 16.0. The molecule has 10 heteroatoms. The SMILES string of the molecule is CCOC(Cc1ccc(OCCN(CCCCOc2ccc(F)cc2)C(=O)Oc2ccccc2F)cc1)C(=O)O. The van der Waals surface area contributed by atoms with Crippen LogP contribution >= 0.6 is 0 Å². The summed E-state index contributed by atoms with van der Waals surface area (Å²) in [5.41, 5.74) is 0.783. The number of nitrogens with zero attached hydrogens (tertiary/aromatic N) is 1. The summed E-state index contributed by atoms with van der Waals surface area (Å²) in [5.74, 6) is -1.08. The van der Waals surface area contributed by atoms with Crippen molar-refractivity contribution in [2.24, 2.45) is 0 Å². The lowest BCUT2D eigenvalue weighted by atomic mass is 10.1. The summed E-state index contributed by atoms with van der Waals surface area (Å²) in [6.45, 7) is 3.06. The fraction of sp³-hybridized carbons (Fsp3) is 0.333. The first-order valence-corrected chi connectivity index (χ1v) is 13.0. The van der Waals surface area contributed by atoms with Gasteiger partial charge in [0.25, 0.3) is 0 Å². The standard InChI is InChI=1S/C30H33F2NO7/c1-2-37-28(29(34)35)21-22-9-13-24(14-10-22)39-20-18-33(30(36)40-27-8-4-3-7-26(27)32)17-5-6-19-38-25-15-11-23(31)12-16-25/h3-4,7-16,28H,2,5-6,17-21H2,1H3,(H,34,35). The Morgan fingerprint density at radius 1 is 0.850 bits per heavy atom. The van der Waals surface area contributed by atoms with Crippen molar-refractivity contribution in [3.63, 3.8) is 0 Å². The van der Waals surface area contributed by atoms with E-state index in [0.29, 0.717) is 44.1 Å². The fourth-order valence-corrected chi connectivity index (χ4v) is 3.73. The van der Waals surface area contributed by atoms with E-state index in [9.17, 15) is 23.5 Å². The molecule has 0 aliphatic carbocycles. The van der Waals surface area contributed by atoms with Crippen molar-refractivity contribution in [3.05, 3.63) is 90.0 Å². The van der Waals surface area contributed by atoms with E-state index in [1.807, 2.05) is 0 Å². The average Bonchev–Trinajstić information content (AvgIpc) is 2.94. The Morgan fingerprint density at radius 2 is 1.50 bits per heavy atom. The molecule has 0 saturated carbocycles. The summed E-state index contributed by atoms with van der Waals surface area (Å²) in [6, 6.07) is 18.3. The van der Waals surface area contributed by atoms with Crippen LogP contribution < -0.4 is 14.2 Å². The van der Waals surface area contributed by atoms with E-state index in [2.05, 4.69) is 0 Å². The number of benzene rings is 3. The topological polar surface area (TPSA) is 94.5 Å². The number of hydrogen-bond donors (Lipinski definition) is 1. The van der Waals surface area contributed by atoms with Crippen LogP contribution in [0.4, 0.5) is 13.6 Å². The summed E-state index contributed by atoms with van der Waals surface area (Å²) in [5, 5.41) is 9.26. The van der Waals surface area contributed by atoms with E-state index in [1.54, 1.807) is 49.4 Å². The number of amides is 1. The molecular formula is C30H33F2NO7. The lowest BCUT2D eigenvalue weighted by Crippen LogP contribution is -2.37. The third-order valence-electron chi connectivity index (χ3n) is 5.81. The number of para-hydroxylation sites is 1. The predicted molar refractivity (Wildman–Crippen MR) is 144 cm³/mol. The first-order valence-electron chi connectivity index (χ1n) is 13.0. The Kier molecular flexibility index (Phi) is 12.2. The van der Waals surface area contributed by atoms with Crippen LogP contribution in [0.2, 0.25) is 0 Å². The van der Waals surface area contributed by atoms with Crippen molar-refractivity contribution < 1.29 is 42.4 Å². The molecule has 3 aromatic carbocycles. The highest BCUT2D eigenvalue weighted by molar-refractivity contribution is 5.72. The van der Waals surface area contributed by atoms with Gasteiger partial charge in [0.05, 0.1) is 13.2 Å². The van der Waals surface area contributed by atoms with Gasteiger partial charge in [-0.2, -0.15) is 0 Å². The van der Waals surface area contributed by atoms with Gasteiger partial charge in [0.2, 0.25) is 0 Å². The van der Waals surface area contributed by atoms with Gasteiger partial charge in [-0.3, -0.25) is 0 Å². The molecule has 8 nitrogen and oxygen atoms in total. The van der Waals surface area contributed by atoms with Crippen molar-refractivity contribution >= 4 is 12.1 Å². The molecule has 1 unspecified atom stereocenters. The molecule has 0 aliphatic rings. The Morgan fingerprint density at radius 3 is 2.15 bits per heavy atom. The van der Waals surface area contributed by atoms with Gasteiger partial charge in [0, 0.05) is 19.6 Å². The fourth-order valence-electron chi connectivity index (χ4n) is 3.73. The van der Waals surface area contributed by atoms with Crippen molar-refractivity contribution in [1.82, 2.24) is 4.90 Å². The maximum absolute atomic E-state index is 14.0. The van der Waals surface area contributed by atoms with Gasteiger partial charge in [-0.15, -0.1) is 0 Å². The minimum Gasteiger partial charge on any atom is -0.494 e. The van der Waals surface area contributed by atoms with Crippen LogP contribution in [0.5, 0.6) is 17.2 Å². The summed E-state index contributed by atoms with van der Waals surface area (Å²) in [6.07, 6.45) is -0.218. The molecule has 0 aromatic heterocycles. The summed E-state index contributed by atoms with van der Waals surface area (Å²) < 4.78 is 49.0. The van der Waals surface area contributed by atoms with Crippen LogP contribution in [0, 0.1) is 11.6 Å². The minimum absolute atomic E-state index is 0.147. The number of carbonyl (C=O) groups excluding carboxylic acids is 1. The smallest absolute Gasteiger partial charge is 0.415 e. The zero-order valence-electron chi connectivity index (χ0n) is 22.3. The average molecular weight is 558 g/mol. The Hall–Kier alpha value is -4.18. The first-order chi connectivity index (χ1) is 19.4. The normalized spacial score (nSPS) is 11.5. The molecule has 40 heavy (non-hydrogen) atoms. The third kappa shape index (κ3) is 10.2. The quantitative estimate of drug-likeness (QED) is 0.225. The van der Waals surface area contributed by atoms with Crippen LogP contribution in [0.15, 0.2) is 72.8 Å². The van der Waals surface area contributed by atoms with E-state index in [1.165, 1.54) is 35.2 Å². The number of rotatable bonds is 16. The van der Waals surface area contributed by atoms with Gasteiger partial charge in [-0.05, 0) is 73.9 Å². The lowest BCUT2D eigenvalue weighted by molar-refractivity contribution is -0.149. The van der Waals surface area contributed by atoms with Crippen molar-refractivity contribution in [2.75, 3.05) is 32.9 Å². The van der Waals surface area contributed by atoms with Gasteiger partial charge < -0.3 is 29.0 Å². The van der Waals surface area contributed by atoms with Crippen LogP contribution in [0.1, 0.15) is 25.3 Å². The molecule has 0 saturated heterocycles. The van der Waals surface area contributed by atoms with Crippen LogP contribution in [-0.2, 0) is 16.0 Å². The molecular weight excluding hydrogens is 524 g/mol. The van der Waals surface area contributed by atoms with Gasteiger partial charge in [0.1, 0.15) is 23.9 Å². The highest BCUT2D eigenvalue weighted by atomic mass is 19.1. The second-order valence-electron chi connectivity index (χ2n) is 8.77. The van der Waals surface area contributed by atoms with Crippen molar-refractivity contribution in [1.29, 1.82) is 0 Å². The molecule has 0 heterocycles. The maximum atomic E-state index is 14.0. The zero-order chi connectivity index (χ0) is 28.7. The molecule has 0 aliphatic heterocycles. The Bertz CT molecular complexity index is 1210. The number of carbonyl (C=O) groups is 2. The maximum Gasteiger partial charge on any atom is 0.415 e. The Labute approximate surface area is 232 Å². The number of unbranched alkanes of at least 4 members (excludes halogenated alkanes) is 1. The van der Waals surface area contributed by atoms with E-state index in [-0.39, 0.29) is 31.1 Å². The highest BCUT2D eigenvalue weighted by Crippen LogP contribution is 2.18. The number of carboxylic acids is 1. The van der Waals surface area contributed by atoms with Gasteiger partial charge in [-0.1, -0.05) is 24.3 Å². The summed E-state index contributed by atoms with van der Waals surface area (Å²) >= 11 is 0. The largest absolute Gasteiger partial charge is 0.494 e. The zero-order valence-corrected chi connectivity index (χ0v) is 22.3. The number of carboxylic acid groups (broad SMARTS) is 1. The molecule has 1 atom stereocenters. The van der Waals surface area contributed by atoms with Crippen molar-refractivity contribution in [3.8, 4) is 17.2 Å². The predicted octanol–water partition coefficient (Wildman–Crippen LogP) is 5.74. The number of halogens is 2. The lowest BCUT2D eigenvalue weighted by Gasteiger charge is -2.22. The number of hydrogen-bond acceptors (Lipinski definition) is 6. The molecule has 1 amide bonds. The van der Waals surface area contributed by atoms with Gasteiger partial charge in [0.15, 0.2) is 17.7 Å². The molecule has 0 spiro atoms. The molecule has 0 fully saturated rings. The first kappa shape index (κ1) is 30.4. The van der Waals surface area contributed by atoms with Gasteiger partial charge >= 0.3 is 12.1 Å².